The number of fused-ring (bicyclic) bond motifs is 1. The summed E-state index contributed by atoms with van der Waals surface area (Å²) in [5, 5.41) is 4.02. The molecule has 5 rings (SSSR count). The van der Waals surface area contributed by atoms with Crippen molar-refractivity contribution in [1.82, 2.24) is 29.6 Å². The van der Waals surface area contributed by atoms with Crippen LogP contribution in [-0.2, 0) is 10.3 Å². The van der Waals surface area contributed by atoms with Crippen LogP contribution in [0.3, 0.4) is 0 Å². The number of imidazole rings is 1. The van der Waals surface area contributed by atoms with E-state index in [9.17, 15) is 4.79 Å². The van der Waals surface area contributed by atoms with E-state index in [2.05, 4.69) is 52.8 Å². The van der Waals surface area contributed by atoms with Crippen LogP contribution >= 0.6 is 11.6 Å². The number of rotatable bonds is 5. The summed E-state index contributed by atoms with van der Waals surface area (Å²) in [6.45, 7) is 12.2. The van der Waals surface area contributed by atoms with E-state index in [1.807, 2.05) is 46.9 Å². The van der Waals surface area contributed by atoms with Crippen LogP contribution in [0.5, 0.6) is 0 Å². The molecular weight excluding hydrogens is 464 g/mol. The van der Waals surface area contributed by atoms with Gasteiger partial charge in [-0.1, -0.05) is 17.7 Å². The van der Waals surface area contributed by atoms with E-state index in [0.29, 0.717) is 29.9 Å². The lowest BCUT2D eigenvalue weighted by atomic mass is 9.93. The third kappa shape index (κ3) is 4.31. The molecule has 0 unspecified atom stereocenters. The van der Waals surface area contributed by atoms with Crippen molar-refractivity contribution in [2.45, 2.75) is 38.8 Å². The first-order valence-electron chi connectivity index (χ1n) is 12.0. The molecule has 0 atom stereocenters. The predicted octanol–water partition coefficient (Wildman–Crippen LogP) is 2.80. The minimum Gasteiger partial charge on any atom is -0.353 e. The fraction of sp³-hybridized carbons (Fsp3) is 0.520. The molecule has 10 heteroatoms. The summed E-state index contributed by atoms with van der Waals surface area (Å²) < 4.78 is 2.04. The lowest BCUT2D eigenvalue weighted by Gasteiger charge is -2.44. The standard InChI is InChI=1S/C25H33ClN8O/c1-24(2)16-32(11-9-29-24)23-28-12-18(26)21(30-23)33-14-17(15-33)22(35)31(5)25(3,4)19-13-27-20-8-6-7-10-34(19)20/h6-8,10,12-13,17,29H,9,11,14-16H2,1-5H3. The zero-order chi connectivity index (χ0) is 25.0. The molecule has 186 valence electrons. The number of pyridine rings is 1. The van der Waals surface area contributed by atoms with Gasteiger partial charge in [0.25, 0.3) is 0 Å². The first-order valence-corrected chi connectivity index (χ1v) is 12.4. The first-order chi connectivity index (χ1) is 16.6. The average Bonchev–Trinajstić information content (AvgIpc) is 3.23. The quantitative estimate of drug-likeness (QED) is 0.581. The van der Waals surface area contributed by atoms with Gasteiger partial charge in [0, 0.05) is 51.5 Å². The number of piperazine rings is 1. The van der Waals surface area contributed by atoms with E-state index in [1.54, 1.807) is 6.20 Å². The number of nitrogens with zero attached hydrogens (tertiary/aromatic N) is 7. The number of hydrogen-bond acceptors (Lipinski definition) is 7. The van der Waals surface area contributed by atoms with E-state index in [1.165, 1.54) is 0 Å². The van der Waals surface area contributed by atoms with Crippen LogP contribution in [0.2, 0.25) is 5.02 Å². The number of anilines is 2. The van der Waals surface area contributed by atoms with Crippen LogP contribution in [0.1, 0.15) is 33.4 Å². The van der Waals surface area contributed by atoms with Crippen molar-refractivity contribution in [3.8, 4) is 0 Å². The van der Waals surface area contributed by atoms with Crippen molar-refractivity contribution in [3.05, 3.63) is 47.5 Å². The van der Waals surface area contributed by atoms with Gasteiger partial charge in [-0.2, -0.15) is 4.98 Å². The highest BCUT2D eigenvalue weighted by molar-refractivity contribution is 6.32. The molecule has 2 aliphatic rings. The minimum absolute atomic E-state index is 0.00605. The number of carbonyl (C=O) groups is 1. The highest BCUT2D eigenvalue weighted by Crippen LogP contribution is 2.34. The Balaban J connectivity index is 1.28. The molecule has 0 aromatic carbocycles. The van der Waals surface area contributed by atoms with Crippen molar-refractivity contribution in [1.29, 1.82) is 0 Å². The Bertz CT molecular complexity index is 1250. The van der Waals surface area contributed by atoms with Gasteiger partial charge >= 0.3 is 0 Å². The summed E-state index contributed by atoms with van der Waals surface area (Å²) in [6.07, 6.45) is 5.51. The number of aromatic nitrogens is 4. The zero-order valence-corrected chi connectivity index (χ0v) is 21.7. The van der Waals surface area contributed by atoms with Crippen LogP contribution in [-0.4, -0.2) is 75.5 Å². The van der Waals surface area contributed by atoms with Gasteiger partial charge in [0.05, 0.1) is 29.5 Å². The van der Waals surface area contributed by atoms with E-state index >= 15 is 0 Å². The van der Waals surface area contributed by atoms with Crippen molar-refractivity contribution in [3.63, 3.8) is 0 Å². The van der Waals surface area contributed by atoms with Crippen LogP contribution in [0.25, 0.3) is 5.65 Å². The third-order valence-corrected chi connectivity index (χ3v) is 7.58. The minimum atomic E-state index is -0.521. The summed E-state index contributed by atoms with van der Waals surface area (Å²) in [5.74, 6) is 1.36. The van der Waals surface area contributed by atoms with Gasteiger partial charge in [0.2, 0.25) is 11.9 Å². The summed E-state index contributed by atoms with van der Waals surface area (Å²) in [6, 6.07) is 5.90. The van der Waals surface area contributed by atoms with E-state index in [0.717, 1.165) is 31.0 Å². The fourth-order valence-corrected chi connectivity index (χ4v) is 5.16. The molecule has 2 aliphatic heterocycles. The SMILES string of the molecule is CN(C(=O)C1CN(c2nc(N3CCNC(C)(C)C3)ncc2Cl)C1)C(C)(C)c1cnc2ccccn12. The number of hydrogen-bond donors (Lipinski definition) is 1. The first kappa shape index (κ1) is 23.8. The van der Waals surface area contributed by atoms with Crippen LogP contribution < -0.4 is 15.1 Å². The molecule has 3 aromatic rings. The van der Waals surface area contributed by atoms with Crippen LogP contribution in [0, 0.1) is 5.92 Å². The smallest absolute Gasteiger partial charge is 0.229 e. The molecule has 2 fully saturated rings. The normalized spacial score (nSPS) is 18.6. The highest BCUT2D eigenvalue weighted by Gasteiger charge is 2.41. The molecule has 0 aliphatic carbocycles. The Morgan fingerprint density at radius 1 is 1.20 bits per heavy atom. The molecule has 2 saturated heterocycles. The van der Waals surface area contributed by atoms with Crippen molar-refractivity contribution >= 4 is 34.9 Å². The molecular formula is C25H33ClN8O. The van der Waals surface area contributed by atoms with Gasteiger partial charge in [-0.3, -0.25) is 4.79 Å². The maximum absolute atomic E-state index is 13.4. The summed E-state index contributed by atoms with van der Waals surface area (Å²) in [4.78, 5) is 33.3. The van der Waals surface area contributed by atoms with Crippen molar-refractivity contribution < 1.29 is 4.79 Å². The second-order valence-corrected chi connectivity index (χ2v) is 11.1. The summed E-state index contributed by atoms with van der Waals surface area (Å²) in [5.41, 5.74) is 1.32. The molecule has 1 amide bonds. The predicted molar refractivity (Wildman–Crippen MR) is 138 cm³/mol. The molecule has 0 bridgehead atoms. The zero-order valence-electron chi connectivity index (χ0n) is 21.0. The Morgan fingerprint density at radius 2 is 1.97 bits per heavy atom. The molecule has 0 saturated carbocycles. The Morgan fingerprint density at radius 3 is 2.71 bits per heavy atom. The lowest BCUT2D eigenvalue weighted by Crippen LogP contribution is -2.58. The molecule has 0 radical (unpaired) electrons. The Hall–Kier alpha value is -2.91. The maximum Gasteiger partial charge on any atom is 0.229 e. The second-order valence-electron chi connectivity index (χ2n) is 10.7. The van der Waals surface area contributed by atoms with E-state index < -0.39 is 5.54 Å². The number of nitrogens with one attached hydrogen (secondary N) is 1. The molecule has 35 heavy (non-hydrogen) atoms. The largest absolute Gasteiger partial charge is 0.353 e. The topological polar surface area (TPSA) is 81.9 Å². The van der Waals surface area contributed by atoms with Crippen molar-refractivity contribution in [2.24, 2.45) is 5.92 Å². The molecule has 5 heterocycles. The number of carbonyl (C=O) groups excluding carboxylic acids is 1. The second kappa shape index (κ2) is 8.64. The van der Waals surface area contributed by atoms with Gasteiger partial charge in [-0.05, 0) is 39.8 Å². The monoisotopic (exact) mass is 496 g/mol. The van der Waals surface area contributed by atoms with E-state index in [4.69, 9.17) is 16.6 Å². The van der Waals surface area contributed by atoms with Gasteiger partial charge < -0.3 is 24.4 Å². The third-order valence-electron chi connectivity index (χ3n) is 7.31. The van der Waals surface area contributed by atoms with Gasteiger partial charge in [-0.25, -0.2) is 9.97 Å². The van der Waals surface area contributed by atoms with E-state index in [-0.39, 0.29) is 17.4 Å². The van der Waals surface area contributed by atoms with Crippen LogP contribution in [0.15, 0.2) is 36.8 Å². The molecule has 9 nitrogen and oxygen atoms in total. The van der Waals surface area contributed by atoms with Crippen molar-refractivity contribution in [2.75, 3.05) is 49.6 Å². The summed E-state index contributed by atoms with van der Waals surface area (Å²) >= 11 is 6.48. The Kier molecular flexibility index (Phi) is 5.88. The van der Waals surface area contributed by atoms with Gasteiger partial charge in [0.15, 0.2) is 5.82 Å². The maximum atomic E-state index is 13.4. The summed E-state index contributed by atoms with van der Waals surface area (Å²) in [7, 11) is 1.87. The number of amides is 1. The molecule has 0 spiro atoms. The molecule has 1 N–H and O–H groups in total. The molecule has 3 aromatic heterocycles. The number of halogens is 1. The van der Waals surface area contributed by atoms with Crippen LogP contribution in [0.4, 0.5) is 11.8 Å². The van der Waals surface area contributed by atoms with Gasteiger partial charge in [0.1, 0.15) is 10.7 Å². The Labute approximate surface area is 211 Å². The van der Waals surface area contributed by atoms with Gasteiger partial charge in [-0.15, -0.1) is 0 Å². The fourth-order valence-electron chi connectivity index (χ4n) is 4.95. The highest BCUT2D eigenvalue weighted by atomic mass is 35.5. The lowest BCUT2D eigenvalue weighted by molar-refractivity contribution is -0.140. The average molecular weight is 497 g/mol.